The standard InChI is InChI=1S/C10H8F2N2O4/c11-4-2-1-3-5(7(4)12)13-8(15)6-9(16)14-18-10(6)17/h1-3,6,9,14,16H,(H,13,15). The molecule has 0 spiro atoms. The molecule has 0 bridgehead atoms. The Morgan fingerprint density at radius 3 is 2.78 bits per heavy atom. The van der Waals surface area contributed by atoms with Crippen LogP contribution < -0.4 is 10.8 Å². The van der Waals surface area contributed by atoms with E-state index in [-0.39, 0.29) is 0 Å². The summed E-state index contributed by atoms with van der Waals surface area (Å²) in [5.74, 6) is -5.92. The number of benzene rings is 1. The van der Waals surface area contributed by atoms with Gasteiger partial charge in [-0.05, 0) is 12.1 Å². The van der Waals surface area contributed by atoms with Crippen LogP contribution in [-0.2, 0) is 14.4 Å². The lowest BCUT2D eigenvalue weighted by atomic mass is 10.1. The van der Waals surface area contributed by atoms with E-state index in [1.807, 2.05) is 10.8 Å². The van der Waals surface area contributed by atoms with Gasteiger partial charge < -0.3 is 15.3 Å². The third kappa shape index (κ3) is 2.15. The number of carbonyl (C=O) groups is 2. The molecule has 2 rings (SSSR count). The second-order valence-corrected chi connectivity index (χ2v) is 3.55. The fraction of sp³-hybridized carbons (Fsp3) is 0.200. The molecule has 1 aromatic rings. The first-order valence-electron chi connectivity index (χ1n) is 4.90. The number of carbonyl (C=O) groups excluding carboxylic acids is 2. The van der Waals surface area contributed by atoms with Crippen molar-refractivity contribution < 1.29 is 28.3 Å². The van der Waals surface area contributed by atoms with E-state index in [9.17, 15) is 23.5 Å². The Bertz CT molecular complexity index is 509. The molecule has 6 nitrogen and oxygen atoms in total. The lowest BCUT2D eigenvalue weighted by Crippen LogP contribution is -2.36. The fourth-order valence-electron chi connectivity index (χ4n) is 1.44. The maximum Gasteiger partial charge on any atom is 0.341 e. The van der Waals surface area contributed by atoms with Crippen LogP contribution in [0.25, 0.3) is 0 Å². The lowest BCUT2D eigenvalue weighted by molar-refractivity contribution is -0.147. The highest BCUT2D eigenvalue weighted by Gasteiger charge is 2.42. The largest absolute Gasteiger partial charge is 0.374 e. The van der Waals surface area contributed by atoms with E-state index in [0.717, 1.165) is 12.1 Å². The predicted molar refractivity (Wildman–Crippen MR) is 53.7 cm³/mol. The summed E-state index contributed by atoms with van der Waals surface area (Å²) in [5, 5.41) is 11.2. The normalized spacial score (nSPS) is 22.7. The number of nitrogens with one attached hydrogen (secondary N) is 2. The van der Waals surface area contributed by atoms with Gasteiger partial charge in [0.2, 0.25) is 5.91 Å². The summed E-state index contributed by atoms with van der Waals surface area (Å²) in [6, 6.07) is 3.19. The highest BCUT2D eigenvalue weighted by atomic mass is 19.2. The minimum absolute atomic E-state index is 0.424. The first-order chi connectivity index (χ1) is 8.50. The van der Waals surface area contributed by atoms with Crippen LogP contribution in [0.15, 0.2) is 18.2 Å². The van der Waals surface area contributed by atoms with E-state index in [2.05, 4.69) is 4.84 Å². The molecular weight excluding hydrogens is 250 g/mol. The number of hydrogen-bond acceptors (Lipinski definition) is 5. The summed E-state index contributed by atoms with van der Waals surface area (Å²) in [4.78, 5) is 26.9. The quantitative estimate of drug-likeness (QED) is 0.645. The van der Waals surface area contributed by atoms with Crippen molar-refractivity contribution in [1.82, 2.24) is 5.48 Å². The van der Waals surface area contributed by atoms with Crippen LogP contribution in [0.5, 0.6) is 0 Å². The van der Waals surface area contributed by atoms with Crippen molar-refractivity contribution in [1.29, 1.82) is 0 Å². The molecule has 8 heteroatoms. The van der Waals surface area contributed by atoms with Crippen molar-refractivity contribution in [2.75, 3.05) is 5.32 Å². The maximum absolute atomic E-state index is 13.3. The second kappa shape index (κ2) is 4.67. The van der Waals surface area contributed by atoms with E-state index in [4.69, 9.17) is 0 Å². The highest BCUT2D eigenvalue weighted by Crippen LogP contribution is 2.19. The van der Waals surface area contributed by atoms with Crippen LogP contribution in [0.3, 0.4) is 0 Å². The van der Waals surface area contributed by atoms with Crippen molar-refractivity contribution in [2.24, 2.45) is 5.92 Å². The molecule has 1 fully saturated rings. The van der Waals surface area contributed by atoms with Crippen LogP contribution in [0.2, 0.25) is 0 Å². The smallest absolute Gasteiger partial charge is 0.341 e. The van der Waals surface area contributed by atoms with Gasteiger partial charge in [0.25, 0.3) is 0 Å². The second-order valence-electron chi connectivity index (χ2n) is 3.55. The zero-order chi connectivity index (χ0) is 13.3. The van der Waals surface area contributed by atoms with Gasteiger partial charge in [-0.2, -0.15) is 0 Å². The Balaban J connectivity index is 2.16. The van der Waals surface area contributed by atoms with Crippen LogP contribution in [0.1, 0.15) is 0 Å². The van der Waals surface area contributed by atoms with Crippen LogP contribution in [-0.4, -0.2) is 23.2 Å². The van der Waals surface area contributed by atoms with Gasteiger partial charge in [-0.15, -0.1) is 5.48 Å². The molecule has 0 aliphatic carbocycles. The molecule has 1 amide bonds. The molecule has 0 aromatic heterocycles. The molecular formula is C10H8F2N2O4. The molecule has 1 aliphatic rings. The number of hydrogen-bond donors (Lipinski definition) is 3. The van der Waals surface area contributed by atoms with Crippen molar-refractivity contribution in [3.05, 3.63) is 29.8 Å². The summed E-state index contributed by atoms with van der Waals surface area (Å²) in [6.45, 7) is 0. The van der Waals surface area contributed by atoms with Gasteiger partial charge >= 0.3 is 5.97 Å². The first-order valence-corrected chi connectivity index (χ1v) is 4.90. The van der Waals surface area contributed by atoms with Crippen molar-refractivity contribution in [3.63, 3.8) is 0 Å². The third-order valence-corrected chi connectivity index (χ3v) is 2.34. The molecule has 18 heavy (non-hydrogen) atoms. The van der Waals surface area contributed by atoms with Gasteiger partial charge in [0.1, 0.15) is 0 Å². The molecule has 2 unspecified atom stereocenters. The molecule has 1 aromatic carbocycles. The number of halogens is 2. The summed E-state index contributed by atoms with van der Waals surface area (Å²) in [5.41, 5.74) is 1.47. The minimum atomic E-state index is -1.53. The molecule has 0 radical (unpaired) electrons. The van der Waals surface area contributed by atoms with E-state index in [1.54, 1.807) is 0 Å². The fourth-order valence-corrected chi connectivity index (χ4v) is 1.44. The van der Waals surface area contributed by atoms with E-state index in [1.165, 1.54) is 6.07 Å². The Morgan fingerprint density at radius 1 is 1.44 bits per heavy atom. The molecule has 1 heterocycles. The SMILES string of the molecule is O=C(Nc1cccc(F)c1F)C1C(=O)ONC1O. The molecule has 3 N–H and O–H groups in total. The highest BCUT2D eigenvalue weighted by molar-refractivity contribution is 6.05. The lowest BCUT2D eigenvalue weighted by Gasteiger charge is -2.10. The first kappa shape index (κ1) is 12.4. The Labute approximate surface area is 99.5 Å². The van der Waals surface area contributed by atoms with Crippen LogP contribution in [0, 0.1) is 17.6 Å². The zero-order valence-corrected chi connectivity index (χ0v) is 8.81. The molecule has 0 saturated carbocycles. The van der Waals surface area contributed by atoms with Crippen molar-refractivity contribution >= 4 is 17.6 Å². The van der Waals surface area contributed by atoms with E-state index >= 15 is 0 Å². The van der Waals surface area contributed by atoms with Gasteiger partial charge in [0.15, 0.2) is 23.8 Å². The molecule has 1 aliphatic heterocycles. The van der Waals surface area contributed by atoms with Crippen molar-refractivity contribution in [2.45, 2.75) is 6.23 Å². The van der Waals surface area contributed by atoms with Crippen molar-refractivity contribution in [3.8, 4) is 0 Å². The summed E-state index contributed by atoms with van der Waals surface area (Å²) in [6.07, 6.45) is -1.53. The minimum Gasteiger partial charge on any atom is -0.374 e. The van der Waals surface area contributed by atoms with Crippen LogP contribution >= 0.6 is 0 Å². The van der Waals surface area contributed by atoms with Gasteiger partial charge in [-0.1, -0.05) is 6.07 Å². The monoisotopic (exact) mass is 258 g/mol. The number of anilines is 1. The maximum atomic E-state index is 13.3. The number of rotatable bonds is 2. The van der Waals surface area contributed by atoms with Gasteiger partial charge in [-0.3, -0.25) is 4.79 Å². The van der Waals surface area contributed by atoms with Gasteiger partial charge in [0, 0.05) is 0 Å². The Kier molecular flexibility index (Phi) is 3.21. The molecule has 96 valence electrons. The Morgan fingerprint density at radius 2 is 2.17 bits per heavy atom. The average Bonchev–Trinajstić information content (AvgIpc) is 2.65. The third-order valence-electron chi connectivity index (χ3n) is 2.34. The number of aliphatic hydroxyl groups excluding tert-OH is 1. The van der Waals surface area contributed by atoms with Gasteiger partial charge in [0.05, 0.1) is 5.69 Å². The number of aliphatic hydroxyl groups is 1. The van der Waals surface area contributed by atoms with E-state index in [0.29, 0.717) is 0 Å². The summed E-state index contributed by atoms with van der Waals surface area (Å²) >= 11 is 0. The molecule has 1 saturated heterocycles. The Hall–Kier alpha value is -2.06. The zero-order valence-electron chi connectivity index (χ0n) is 8.81. The summed E-state index contributed by atoms with van der Waals surface area (Å²) < 4.78 is 26.1. The van der Waals surface area contributed by atoms with Crippen LogP contribution in [0.4, 0.5) is 14.5 Å². The number of hydroxylamine groups is 1. The van der Waals surface area contributed by atoms with E-state index < -0.39 is 41.3 Å². The topological polar surface area (TPSA) is 87.7 Å². The predicted octanol–water partition coefficient (Wildman–Crippen LogP) is -0.101. The molecule has 2 atom stereocenters. The average molecular weight is 258 g/mol. The van der Waals surface area contributed by atoms with Gasteiger partial charge in [-0.25, -0.2) is 13.6 Å². The number of amides is 1. The summed E-state index contributed by atoms with van der Waals surface area (Å²) in [7, 11) is 0.